The van der Waals surface area contributed by atoms with Crippen LogP contribution >= 0.6 is 0 Å². The molecule has 0 spiro atoms. The Morgan fingerprint density at radius 1 is 1.10 bits per heavy atom. The SMILES string of the molecule is Nc1c(C(=O)OC[C@@H]2CCCO2)c2nc3ccccc3nc2n1Cc1ccccc1. The lowest BCUT2D eigenvalue weighted by Crippen LogP contribution is -2.18. The molecule has 3 heterocycles. The zero-order valence-corrected chi connectivity index (χ0v) is 16.5. The van der Waals surface area contributed by atoms with Gasteiger partial charge in [0.15, 0.2) is 5.65 Å². The van der Waals surface area contributed by atoms with Crippen molar-refractivity contribution >= 4 is 34.0 Å². The smallest absolute Gasteiger partial charge is 0.344 e. The van der Waals surface area contributed by atoms with Gasteiger partial charge in [0.05, 0.1) is 23.7 Å². The van der Waals surface area contributed by atoms with E-state index >= 15 is 0 Å². The molecular weight excluding hydrogens is 380 g/mol. The molecule has 30 heavy (non-hydrogen) atoms. The Bertz CT molecular complexity index is 1210. The van der Waals surface area contributed by atoms with Crippen molar-refractivity contribution < 1.29 is 14.3 Å². The standard InChI is InChI=1S/C23H22N4O3/c24-21-19(23(28)30-14-16-9-6-12-29-16)20-22(26-18-11-5-4-10-17(18)25-20)27(21)13-15-7-2-1-3-8-15/h1-5,7-8,10-11,16H,6,9,12-14,24H2/t16-/m0/s1. The van der Waals surface area contributed by atoms with Gasteiger partial charge >= 0.3 is 5.97 Å². The molecule has 2 aromatic heterocycles. The van der Waals surface area contributed by atoms with Gasteiger partial charge in [-0.1, -0.05) is 42.5 Å². The van der Waals surface area contributed by atoms with Crippen LogP contribution in [0.3, 0.4) is 0 Å². The molecule has 0 aliphatic carbocycles. The third-order valence-electron chi connectivity index (χ3n) is 5.40. The van der Waals surface area contributed by atoms with Crippen LogP contribution in [0.4, 0.5) is 5.82 Å². The second-order valence-corrected chi connectivity index (χ2v) is 7.45. The average Bonchev–Trinajstić information content (AvgIpc) is 3.38. The van der Waals surface area contributed by atoms with E-state index in [0.29, 0.717) is 35.7 Å². The molecule has 0 amide bonds. The predicted molar refractivity (Wildman–Crippen MR) is 114 cm³/mol. The Morgan fingerprint density at radius 2 is 1.83 bits per heavy atom. The molecule has 0 unspecified atom stereocenters. The van der Waals surface area contributed by atoms with E-state index in [4.69, 9.17) is 25.2 Å². The molecule has 7 heteroatoms. The van der Waals surface area contributed by atoms with Crippen LogP contribution in [0.15, 0.2) is 54.6 Å². The maximum atomic E-state index is 13.0. The number of anilines is 1. The van der Waals surface area contributed by atoms with E-state index in [1.165, 1.54) is 0 Å². The fourth-order valence-electron chi connectivity index (χ4n) is 3.86. The summed E-state index contributed by atoms with van der Waals surface area (Å²) in [6.45, 7) is 1.40. The molecular formula is C23H22N4O3. The number of nitrogens with two attached hydrogens (primary N) is 1. The number of aromatic nitrogens is 3. The van der Waals surface area contributed by atoms with Crippen LogP contribution in [0.5, 0.6) is 0 Å². The molecule has 1 fully saturated rings. The lowest BCUT2D eigenvalue weighted by Gasteiger charge is -2.10. The van der Waals surface area contributed by atoms with E-state index in [1.807, 2.05) is 59.2 Å². The molecule has 0 saturated carbocycles. The molecule has 4 aromatic rings. The second kappa shape index (κ2) is 7.76. The summed E-state index contributed by atoms with van der Waals surface area (Å²) in [7, 11) is 0. The summed E-state index contributed by atoms with van der Waals surface area (Å²) in [5.74, 6) is -0.189. The van der Waals surface area contributed by atoms with Gasteiger partial charge in [0.25, 0.3) is 0 Å². The number of hydrogen-bond donors (Lipinski definition) is 1. The van der Waals surface area contributed by atoms with Crippen LogP contribution in [0.2, 0.25) is 0 Å². The van der Waals surface area contributed by atoms with Crippen LogP contribution in [-0.4, -0.2) is 39.8 Å². The monoisotopic (exact) mass is 402 g/mol. The van der Waals surface area contributed by atoms with Crippen molar-refractivity contribution in [3.05, 3.63) is 65.7 Å². The Hall–Kier alpha value is -3.45. The Kier molecular flexibility index (Phi) is 4.80. The number of fused-ring (bicyclic) bond motifs is 2. The Balaban J connectivity index is 1.60. The fraction of sp³-hybridized carbons (Fsp3) is 0.261. The van der Waals surface area contributed by atoms with Crippen LogP contribution in [0.1, 0.15) is 28.8 Å². The van der Waals surface area contributed by atoms with Gasteiger partial charge in [-0.25, -0.2) is 14.8 Å². The van der Waals surface area contributed by atoms with Crippen molar-refractivity contribution in [1.82, 2.24) is 14.5 Å². The van der Waals surface area contributed by atoms with E-state index in [2.05, 4.69) is 0 Å². The number of carbonyl (C=O) groups is 1. The third-order valence-corrected chi connectivity index (χ3v) is 5.40. The minimum Gasteiger partial charge on any atom is -0.459 e. The summed E-state index contributed by atoms with van der Waals surface area (Å²) in [6, 6.07) is 17.5. The first kappa shape index (κ1) is 18.6. The quantitative estimate of drug-likeness (QED) is 0.513. The maximum absolute atomic E-state index is 13.0. The molecule has 2 aromatic carbocycles. The second-order valence-electron chi connectivity index (χ2n) is 7.45. The maximum Gasteiger partial charge on any atom is 0.344 e. The molecule has 0 radical (unpaired) electrons. The number of para-hydroxylation sites is 2. The number of nitrogens with zero attached hydrogens (tertiary/aromatic N) is 3. The number of esters is 1. The van der Waals surface area contributed by atoms with Gasteiger partial charge < -0.3 is 19.8 Å². The molecule has 152 valence electrons. The summed E-state index contributed by atoms with van der Waals surface area (Å²) in [5.41, 5.74) is 10.3. The average molecular weight is 402 g/mol. The summed E-state index contributed by atoms with van der Waals surface area (Å²) in [5, 5.41) is 0. The van der Waals surface area contributed by atoms with Crippen molar-refractivity contribution in [1.29, 1.82) is 0 Å². The van der Waals surface area contributed by atoms with Gasteiger partial charge in [0.2, 0.25) is 0 Å². The van der Waals surface area contributed by atoms with Crippen molar-refractivity contribution in [2.45, 2.75) is 25.5 Å². The molecule has 2 N–H and O–H groups in total. The van der Waals surface area contributed by atoms with Gasteiger partial charge in [-0.2, -0.15) is 0 Å². The highest BCUT2D eigenvalue weighted by Gasteiger charge is 2.26. The van der Waals surface area contributed by atoms with Crippen molar-refractivity contribution in [3.8, 4) is 0 Å². The van der Waals surface area contributed by atoms with Crippen LogP contribution < -0.4 is 5.73 Å². The van der Waals surface area contributed by atoms with E-state index in [-0.39, 0.29) is 18.3 Å². The first-order valence-electron chi connectivity index (χ1n) is 10.1. The predicted octanol–water partition coefficient (Wildman–Crippen LogP) is 3.55. The minimum absolute atomic E-state index is 0.0558. The molecule has 5 rings (SSSR count). The fourth-order valence-corrected chi connectivity index (χ4v) is 3.86. The summed E-state index contributed by atoms with van der Waals surface area (Å²) in [4.78, 5) is 22.5. The number of carbonyl (C=O) groups excluding carboxylic acids is 1. The minimum atomic E-state index is -0.496. The van der Waals surface area contributed by atoms with Crippen LogP contribution in [-0.2, 0) is 16.0 Å². The van der Waals surface area contributed by atoms with E-state index in [0.717, 1.165) is 23.9 Å². The van der Waals surface area contributed by atoms with Gasteiger partial charge in [-0.3, -0.25) is 0 Å². The lowest BCUT2D eigenvalue weighted by molar-refractivity contribution is 0.0163. The first-order chi connectivity index (χ1) is 14.7. The largest absolute Gasteiger partial charge is 0.459 e. The number of rotatable bonds is 5. The molecule has 1 saturated heterocycles. The highest BCUT2D eigenvalue weighted by Crippen LogP contribution is 2.29. The topological polar surface area (TPSA) is 92.3 Å². The number of ether oxygens (including phenoxy) is 2. The number of benzene rings is 2. The molecule has 0 bridgehead atoms. The van der Waals surface area contributed by atoms with Gasteiger partial charge in [-0.05, 0) is 30.5 Å². The highest BCUT2D eigenvalue weighted by molar-refractivity contribution is 6.08. The van der Waals surface area contributed by atoms with E-state index < -0.39 is 5.97 Å². The summed E-state index contributed by atoms with van der Waals surface area (Å²) >= 11 is 0. The van der Waals surface area contributed by atoms with Crippen LogP contribution in [0, 0.1) is 0 Å². The molecule has 7 nitrogen and oxygen atoms in total. The van der Waals surface area contributed by atoms with Crippen molar-refractivity contribution in [3.63, 3.8) is 0 Å². The molecule has 1 aliphatic heterocycles. The van der Waals surface area contributed by atoms with Gasteiger partial charge in [0.1, 0.15) is 23.5 Å². The van der Waals surface area contributed by atoms with Crippen LogP contribution in [0.25, 0.3) is 22.2 Å². The lowest BCUT2D eigenvalue weighted by atomic mass is 10.2. The molecule has 1 aliphatic rings. The zero-order valence-electron chi connectivity index (χ0n) is 16.5. The zero-order chi connectivity index (χ0) is 20.5. The summed E-state index contributed by atoms with van der Waals surface area (Å²) < 4.78 is 12.9. The third kappa shape index (κ3) is 3.37. The highest BCUT2D eigenvalue weighted by atomic mass is 16.6. The first-order valence-corrected chi connectivity index (χ1v) is 10.1. The Labute approximate surface area is 173 Å². The van der Waals surface area contributed by atoms with Gasteiger partial charge in [-0.15, -0.1) is 0 Å². The van der Waals surface area contributed by atoms with E-state index in [1.54, 1.807) is 0 Å². The normalized spacial score (nSPS) is 16.3. The van der Waals surface area contributed by atoms with Crippen molar-refractivity contribution in [2.75, 3.05) is 18.9 Å². The van der Waals surface area contributed by atoms with Crippen molar-refractivity contribution in [2.24, 2.45) is 0 Å². The number of nitrogen functional groups attached to an aromatic ring is 1. The summed E-state index contributed by atoms with van der Waals surface area (Å²) in [6.07, 6.45) is 1.82. The molecule has 1 atom stereocenters. The van der Waals surface area contributed by atoms with Gasteiger partial charge in [0, 0.05) is 6.61 Å². The van der Waals surface area contributed by atoms with E-state index in [9.17, 15) is 4.79 Å². The number of hydrogen-bond acceptors (Lipinski definition) is 6. The Morgan fingerprint density at radius 3 is 2.57 bits per heavy atom.